The zero-order valence-corrected chi connectivity index (χ0v) is 12.3. The molecule has 0 amide bonds. The summed E-state index contributed by atoms with van der Waals surface area (Å²) >= 11 is 0. The van der Waals surface area contributed by atoms with Crippen LogP contribution in [0.4, 0.5) is 0 Å². The average molecular weight is 261 g/mol. The summed E-state index contributed by atoms with van der Waals surface area (Å²) in [6.07, 6.45) is 6.55. The molecule has 1 aromatic rings. The van der Waals surface area contributed by atoms with Crippen molar-refractivity contribution in [3.05, 3.63) is 29.8 Å². The summed E-state index contributed by atoms with van der Waals surface area (Å²) in [6, 6.07) is 9.15. The lowest BCUT2D eigenvalue weighted by atomic mass is 9.91. The van der Waals surface area contributed by atoms with E-state index in [9.17, 15) is 0 Å². The zero-order valence-electron chi connectivity index (χ0n) is 12.3. The van der Waals surface area contributed by atoms with E-state index in [1.807, 2.05) is 0 Å². The van der Waals surface area contributed by atoms with E-state index < -0.39 is 0 Å². The molecular weight excluding hydrogens is 234 g/mol. The molecule has 1 aliphatic carbocycles. The fraction of sp³-hybridized carbons (Fsp3) is 0.647. The lowest BCUT2D eigenvalue weighted by Crippen LogP contribution is -2.26. The summed E-state index contributed by atoms with van der Waals surface area (Å²) in [5.74, 6) is 1.81. The predicted octanol–water partition coefficient (Wildman–Crippen LogP) is 4.32. The van der Waals surface area contributed by atoms with Crippen molar-refractivity contribution in [1.82, 2.24) is 5.32 Å². The first-order chi connectivity index (χ1) is 9.35. The van der Waals surface area contributed by atoms with Gasteiger partial charge >= 0.3 is 0 Å². The lowest BCUT2D eigenvalue weighted by molar-refractivity contribution is 0.315. The van der Waals surface area contributed by atoms with Crippen molar-refractivity contribution in [2.45, 2.75) is 52.0 Å². The van der Waals surface area contributed by atoms with Crippen LogP contribution in [0.1, 0.15) is 57.6 Å². The summed E-state index contributed by atoms with van der Waals surface area (Å²) in [5, 5.41) is 3.67. The van der Waals surface area contributed by atoms with Crippen molar-refractivity contribution in [2.24, 2.45) is 5.92 Å². The van der Waals surface area contributed by atoms with Gasteiger partial charge in [-0.1, -0.05) is 38.8 Å². The van der Waals surface area contributed by atoms with Crippen LogP contribution in [-0.2, 0) is 0 Å². The average Bonchev–Trinajstić information content (AvgIpc) is 2.96. The third-order valence-electron chi connectivity index (χ3n) is 3.99. The van der Waals surface area contributed by atoms with Crippen molar-refractivity contribution in [1.29, 1.82) is 0 Å². The molecule has 1 atom stereocenters. The maximum Gasteiger partial charge on any atom is 0.119 e. The van der Waals surface area contributed by atoms with Gasteiger partial charge in [-0.3, -0.25) is 0 Å². The fourth-order valence-electron chi connectivity index (χ4n) is 3.09. The van der Waals surface area contributed by atoms with Gasteiger partial charge in [0.1, 0.15) is 5.75 Å². The van der Waals surface area contributed by atoms with Gasteiger partial charge in [-0.05, 0) is 49.4 Å². The van der Waals surface area contributed by atoms with E-state index in [-0.39, 0.29) is 0 Å². The quantitative estimate of drug-likeness (QED) is 0.789. The minimum absolute atomic E-state index is 0.498. The number of nitrogens with one attached hydrogen (secondary N) is 1. The molecule has 2 nitrogen and oxygen atoms in total. The molecule has 0 bridgehead atoms. The van der Waals surface area contributed by atoms with Crippen molar-refractivity contribution in [3.8, 4) is 5.75 Å². The van der Waals surface area contributed by atoms with E-state index in [4.69, 9.17) is 4.74 Å². The Balaban J connectivity index is 2.11. The highest BCUT2D eigenvalue weighted by atomic mass is 16.5. The highest BCUT2D eigenvalue weighted by Gasteiger charge is 2.25. The van der Waals surface area contributed by atoms with Gasteiger partial charge in [-0.15, -0.1) is 0 Å². The van der Waals surface area contributed by atoms with E-state index in [1.165, 1.54) is 31.2 Å². The standard InChI is InChI=1S/C17H27NO/c1-3-12-19-16-11-7-10-15(13-16)17(18-4-2)14-8-5-6-9-14/h7,10-11,13-14,17-18H,3-6,8-9,12H2,1-2H3. The molecule has 1 saturated carbocycles. The first kappa shape index (κ1) is 14.4. The smallest absolute Gasteiger partial charge is 0.119 e. The van der Waals surface area contributed by atoms with Crippen LogP contribution in [0.2, 0.25) is 0 Å². The second-order valence-corrected chi connectivity index (χ2v) is 5.50. The summed E-state index contributed by atoms with van der Waals surface area (Å²) in [5.41, 5.74) is 1.39. The molecule has 1 N–H and O–H groups in total. The molecule has 0 spiro atoms. The molecule has 1 fully saturated rings. The highest BCUT2D eigenvalue weighted by molar-refractivity contribution is 5.31. The van der Waals surface area contributed by atoms with Gasteiger partial charge in [0.25, 0.3) is 0 Å². The molecule has 0 radical (unpaired) electrons. The Labute approximate surface area is 117 Å². The van der Waals surface area contributed by atoms with Crippen molar-refractivity contribution < 1.29 is 4.74 Å². The molecule has 2 rings (SSSR count). The van der Waals surface area contributed by atoms with E-state index in [0.717, 1.165) is 31.2 Å². The molecule has 1 aliphatic rings. The minimum atomic E-state index is 0.498. The van der Waals surface area contributed by atoms with Crippen molar-refractivity contribution in [2.75, 3.05) is 13.2 Å². The van der Waals surface area contributed by atoms with Gasteiger partial charge in [-0.25, -0.2) is 0 Å². The van der Waals surface area contributed by atoms with Crippen LogP contribution in [0, 0.1) is 5.92 Å². The van der Waals surface area contributed by atoms with Gasteiger partial charge in [-0.2, -0.15) is 0 Å². The molecule has 0 heterocycles. The Bertz CT molecular complexity index is 371. The molecule has 0 aliphatic heterocycles. The SMILES string of the molecule is CCCOc1cccc(C(NCC)C2CCCC2)c1. The summed E-state index contributed by atoms with van der Waals surface area (Å²) in [7, 11) is 0. The Morgan fingerprint density at radius 2 is 2.05 bits per heavy atom. The zero-order chi connectivity index (χ0) is 13.5. The monoisotopic (exact) mass is 261 g/mol. The molecule has 1 unspecified atom stereocenters. The van der Waals surface area contributed by atoms with E-state index in [1.54, 1.807) is 0 Å². The molecule has 1 aromatic carbocycles. The third kappa shape index (κ3) is 3.97. The van der Waals surface area contributed by atoms with Gasteiger partial charge in [0.2, 0.25) is 0 Å². The second-order valence-electron chi connectivity index (χ2n) is 5.50. The van der Waals surface area contributed by atoms with Crippen LogP contribution in [0.3, 0.4) is 0 Å². The molecule has 19 heavy (non-hydrogen) atoms. The van der Waals surface area contributed by atoms with E-state index >= 15 is 0 Å². The predicted molar refractivity (Wildman–Crippen MR) is 80.6 cm³/mol. The van der Waals surface area contributed by atoms with Gasteiger partial charge < -0.3 is 10.1 Å². The minimum Gasteiger partial charge on any atom is -0.494 e. The number of ether oxygens (including phenoxy) is 1. The largest absolute Gasteiger partial charge is 0.494 e. The topological polar surface area (TPSA) is 21.3 Å². The second kappa shape index (κ2) is 7.54. The maximum atomic E-state index is 5.76. The van der Waals surface area contributed by atoms with Crippen LogP contribution < -0.4 is 10.1 Å². The molecule has 2 heteroatoms. The summed E-state index contributed by atoms with van der Waals surface area (Å²) in [4.78, 5) is 0. The molecule has 0 aromatic heterocycles. The highest BCUT2D eigenvalue weighted by Crippen LogP contribution is 2.36. The van der Waals surface area contributed by atoms with Crippen molar-refractivity contribution >= 4 is 0 Å². The van der Waals surface area contributed by atoms with Gasteiger partial charge in [0.05, 0.1) is 6.61 Å². The number of hydrogen-bond donors (Lipinski definition) is 1. The van der Waals surface area contributed by atoms with E-state index in [2.05, 4.69) is 43.4 Å². The molecule has 106 valence electrons. The molecular formula is C17H27NO. The number of hydrogen-bond acceptors (Lipinski definition) is 2. The van der Waals surface area contributed by atoms with Crippen LogP contribution in [-0.4, -0.2) is 13.2 Å². The Hall–Kier alpha value is -1.02. The fourth-order valence-corrected chi connectivity index (χ4v) is 3.09. The normalized spacial score (nSPS) is 17.6. The third-order valence-corrected chi connectivity index (χ3v) is 3.99. The van der Waals surface area contributed by atoms with Gasteiger partial charge in [0.15, 0.2) is 0 Å². The first-order valence-corrected chi connectivity index (χ1v) is 7.81. The van der Waals surface area contributed by atoms with Crippen LogP contribution in [0.25, 0.3) is 0 Å². The number of rotatable bonds is 7. The van der Waals surface area contributed by atoms with E-state index in [0.29, 0.717) is 6.04 Å². The number of benzene rings is 1. The first-order valence-electron chi connectivity index (χ1n) is 7.81. The Morgan fingerprint density at radius 3 is 2.74 bits per heavy atom. The van der Waals surface area contributed by atoms with Crippen LogP contribution in [0.5, 0.6) is 5.75 Å². The Morgan fingerprint density at radius 1 is 1.26 bits per heavy atom. The lowest BCUT2D eigenvalue weighted by Gasteiger charge is -2.25. The van der Waals surface area contributed by atoms with Crippen LogP contribution in [0.15, 0.2) is 24.3 Å². The van der Waals surface area contributed by atoms with Crippen molar-refractivity contribution in [3.63, 3.8) is 0 Å². The maximum absolute atomic E-state index is 5.76. The summed E-state index contributed by atoms with van der Waals surface area (Å²) in [6.45, 7) is 6.17. The Kier molecular flexibility index (Phi) is 5.71. The van der Waals surface area contributed by atoms with Gasteiger partial charge in [0, 0.05) is 6.04 Å². The van der Waals surface area contributed by atoms with Crippen LogP contribution >= 0.6 is 0 Å². The molecule has 0 saturated heterocycles. The summed E-state index contributed by atoms with van der Waals surface area (Å²) < 4.78 is 5.76.